The maximum absolute atomic E-state index is 13.1. The summed E-state index contributed by atoms with van der Waals surface area (Å²) in [6.45, 7) is 1.27. The van der Waals surface area contributed by atoms with E-state index in [0.29, 0.717) is 17.1 Å². The van der Waals surface area contributed by atoms with E-state index < -0.39 is 23.8 Å². The highest BCUT2D eigenvalue weighted by Crippen LogP contribution is 2.30. The van der Waals surface area contributed by atoms with Crippen molar-refractivity contribution < 1.29 is 32.2 Å². The van der Waals surface area contributed by atoms with Gasteiger partial charge in [-0.1, -0.05) is 29.8 Å². The molecule has 0 aliphatic carbocycles. The monoisotopic (exact) mass is 484 g/mol. The van der Waals surface area contributed by atoms with Crippen LogP contribution in [0.4, 0.5) is 13.2 Å². The van der Waals surface area contributed by atoms with Gasteiger partial charge in [-0.2, -0.15) is 13.2 Å². The molecular weight excluding hydrogens is 461 g/mol. The molecule has 0 N–H and O–H groups in total. The zero-order valence-corrected chi connectivity index (χ0v) is 18.7. The molecular formula is C23H24ClF3N2O4. The molecule has 0 aromatic heterocycles. The Morgan fingerprint density at radius 2 is 1.97 bits per heavy atom. The molecule has 178 valence electrons. The van der Waals surface area contributed by atoms with Crippen LogP contribution in [0.5, 0.6) is 0 Å². The molecule has 6 nitrogen and oxygen atoms in total. The summed E-state index contributed by atoms with van der Waals surface area (Å²) in [7, 11) is 1.47. The van der Waals surface area contributed by atoms with Gasteiger partial charge in [-0.25, -0.2) is 0 Å². The second kappa shape index (κ2) is 11.0. The molecule has 1 unspecified atom stereocenters. The van der Waals surface area contributed by atoms with Gasteiger partial charge in [0.05, 0.1) is 35.5 Å². The number of nitrogens with zero attached hydrogens (tertiary/aromatic N) is 2. The van der Waals surface area contributed by atoms with E-state index in [0.717, 1.165) is 12.1 Å². The molecule has 0 spiro atoms. The minimum atomic E-state index is -4.56. The van der Waals surface area contributed by atoms with Gasteiger partial charge < -0.3 is 19.3 Å². The van der Waals surface area contributed by atoms with Crippen molar-refractivity contribution >= 4 is 23.4 Å². The third-order valence-electron chi connectivity index (χ3n) is 5.24. The van der Waals surface area contributed by atoms with E-state index in [9.17, 15) is 22.8 Å². The number of amides is 2. The highest BCUT2D eigenvalue weighted by atomic mass is 35.5. The van der Waals surface area contributed by atoms with Gasteiger partial charge in [-0.3, -0.25) is 9.59 Å². The van der Waals surface area contributed by atoms with Crippen molar-refractivity contribution in [2.24, 2.45) is 0 Å². The number of hydrogen-bond donors (Lipinski definition) is 0. The molecule has 1 fully saturated rings. The molecule has 1 atom stereocenters. The highest BCUT2D eigenvalue weighted by Gasteiger charge is 2.32. The number of morpholine rings is 1. The lowest BCUT2D eigenvalue weighted by atomic mass is 10.1. The zero-order chi connectivity index (χ0) is 24.0. The average molecular weight is 485 g/mol. The third kappa shape index (κ3) is 6.46. The molecule has 1 aliphatic heterocycles. The van der Waals surface area contributed by atoms with E-state index in [4.69, 9.17) is 21.1 Å². The van der Waals surface area contributed by atoms with E-state index in [2.05, 4.69) is 0 Å². The molecule has 0 saturated carbocycles. The lowest BCUT2D eigenvalue weighted by Crippen LogP contribution is -2.51. The van der Waals surface area contributed by atoms with Crippen LogP contribution < -0.4 is 0 Å². The number of alkyl halides is 3. The van der Waals surface area contributed by atoms with Crippen LogP contribution in [0, 0.1) is 0 Å². The Bertz CT molecular complexity index is 986. The van der Waals surface area contributed by atoms with Crippen molar-refractivity contribution in [3.05, 3.63) is 70.2 Å². The Kier molecular flexibility index (Phi) is 8.34. The SMILES string of the molecule is COCCN(CC1CN(C(=O)c2ccccc2Cl)CCO1)C(=O)c1cccc(C(F)(F)F)c1. The molecule has 0 radical (unpaired) electrons. The Labute approximate surface area is 194 Å². The van der Waals surface area contributed by atoms with Gasteiger partial charge >= 0.3 is 6.18 Å². The lowest BCUT2D eigenvalue weighted by Gasteiger charge is -2.36. The number of rotatable bonds is 7. The Balaban J connectivity index is 1.74. The number of ether oxygens (including phenoxy) is 2. The maximum atomic E-state index is 13.1. The van der Waals surface area contributed by atoms with Gasteiger partial charge in [0.25, 0.3) is 11.8 Å². The summed E-state index contributed by atoms with van der Waals surface area (Å²) in [4.78, 5) is 28.9. The minimum Gasteiger partial charge on any atom is -0.383 e. The molecule has 33 heavy (non-hydrogen) atoms. The molecule has 10 heteroatoms. The van der Waals surface area contributed by atoms with E-state index in [1.165, 1.54) is 24.1 Å². The number of methoxy groups -OCH3 is 1. The minimum absolute atomic E-state index is 0.0827. The molecule has 1 saturated heterocycles. The highest BCUT2D eigenvalue weighted by molar-refractivity contribution is 6.33. The van der Waals surface area contributed by atoms with Crippen molar-refractivity contribution in [2.45, 2.75) is 12.3 Å². The van der Waals surface area contributed by atoms with Gasteiger partial charge in [-0.05, 0) is 30.3 Å². The van der Waals surface area contributed by atoms with Crippen molar-refractivity contribution in [3.8, 4) is 0 Å². The van der Waals surface area contributed by atoms with Crippen LogP contribution in [-0.4, -0.2) is 74.2 Å². The Morgan fingerprint density at radius 3 is 2.67 bits per heavy atom. The quantitative estimate of drug-likeness (QED) is 0.596. The third-order valence-corrected chi connectivity index (χ3v) is 5.57. The largest absolute Gasteiger partial charge is 0.416 e. The van der Waals surface area contributed by atoms with Crippen LogP contribution in [0.2, 0.25) is 5.02 Å². The fourth-order valence-electron chi connectivity index (χ4n) is 3.55. The average Bonchev–Trinajstić information content (AvgIpc) is 2.81. The maximum Gasteiger partial charge on any atom is 0.416 e. The summed E-state index contributed by atoms with van der Waals surface area (Å²) in [6, 6.07) is 11.0. The summed E-state index contributed by atoms with van der Waals surface area (Å²) < 4.78 is 50.1. The van der Waals surface area contributed by atoms with Crippen LogP contribution in [0.1, 0.15) is 26.3 Å². The molecule has 2 aromatic rings. The summed E-state index contributed by atoms with van der Waals surface area (Å²) >= 11 is 6.14. The number of benzene rings is 2. The first kappa shape index (κ1) is 25.0. The van der Waals surface area contributed by atoms with E-state index in [-0.39, 0.29) is 44.3 Å². The van der Waals surface area contributed by atoms with Crippen LogP contribution in [-0.2, 0) is 15.7 Å². The van der Waals surface area contributed by atoms with Gasteiger partial charge in [-0.15, -0.1) is 0 Å². The summed E-state index contributed by atoms with van der Waals surface area (Å²) in [5.41, 5.74) is -0.609. The van der Waals surface area contributed by atoms with Gasteiger partial charge in [0, 0.05) is 38.9 Å². The normalized spacial score (nSPS) is 16.5. The number of carbonyl (C=O) groups is 2. The first-order valence-corrected chi connectivity index (χ1v) is 10.7. The van der Waals surface area contributed by atoms with Crippen LogP contribution >= 0.6 is 11.6 Å². The zero-order valence-electron chi connectivity index (χ0n) is 18.0. The van der Waals surface area contributed by atoms with E-state index >= 15 is 0 Å². The molecule has 3 rings (SSSR count). The summed E-state index contributed by atoms with van der Waals surface area (Å²) in [5.74, 6) is -0.821. The number of hydrogen-bond acceptors (Lipinski definition) is 4. The fraction of sp³-hybridized carbons (Fsp3) is 0.391. The lowest BCUT2D eigenvalue weighted by molar-refractivity contribution is -0.137. The molecule has 1 aliphatic rings. The molecule has 2 aromatic carbocycles. The first-order chi connectivity index (χ1) is 15.7. The second-order valence-corrected chi connectivity index (χ2v) is 7.95. The molecule has 1 heterocycles. The topological polar surface area (TPSA) is 59.1 Å². The van der Waals surface area contributed by atoms with Gasteiger partial charge in [0.1, 0.15) is 0 Å². The summed E-state index contributed by atoms with van der Waals surface area (Å²) in [6.07, 6.45) is -5.07. The van der Waals surface area contributed by atoms with Crippen molar-refractivity contribution in [3.63, 3.8) is 0 Å². The molecule has 2 amide bonds. The predicted molar refractivity (Wildman–Crippen MR) is 116 cm³/mol. The van der Waals surface area contributed by atoms with E-state index in [1.807, 2.05) is 0 Å². The molecule has 0 bridgehead atoms. The predicted octanol–water partition coefficient (Wildman–Crippen LogP) is 3.99. The fourth-order valence-corrected chi connectivity index (χ4v) is 3.77. The van der Waals surface area contributed by atoms with Crippen LogP contribution in [0.25, 0.3) is 0 Å². The number of halogens is 4. The smallest absolute Gasteiger partial charge is 0.383 e. The van der Waals surface area contributed by atoms with E-state index in [1.54, 1.807) is 29.2 Å². The van der Waals surface area contributed by atoms with Crippen molar-refractivity contribution in [1.29, 1.82) is 0 Å². The number of carbonyl (C=O) groups excluding carboxylic acids is 2. The summed E-state index contributed by atoms with van der Waals surface area (Å²) in [5, 5.41) is 0.340. The standard InChI is InChI=1S/C23H24ClF3N2O4/c1-32-11-9-28(21(30)16-5-4-6-17(13-16)23(25,26)27)14-18-15-29(10-12-33-18)22(31)19-7-2-3-8-20(19)24/h2-8,13,18H,9-12,14-15H2,1H3. The van der Waals surface area contributed by atoms with Gasteiger partial charge in [0.2, 0.25) is 0 Å². The Hall–Kier alpha value is -2.62. The van der Waals surface area contributed by atoms with Crippen molar-refractivity contribution in [1.82, 2.24) is 9.80 Å². The van der Waals surface area contributed by atoms with Crippen LogP contribution in [0.3, 0.4) is 0 Å². The second-order valence-electron chi connectivity index (χ2n) is 7.55. The van der Waals surface area contributed by atoms with Gasteiger partial charge in [0.15, 0.2) is 0 Å². The van der Waals surface area contributed by atoms with Crippen molar-refractivity contribution in [2.75, 3.05) is 46.5 Å². The Morgan fingerprint density at radius 1 is 1.21 bits per heavy atom. The first-order valence-electron chi connectivity index (χ1n) is 10.3. The van der Waals surface area contributed by atoms with Crippen LogP contribution in [0.15, 0.2) is 48.5 Å².